The first-order valence-electron chi connectivity index (χ1n) is 5.88. The molecule has 0 aliphatic rings. The summed E-state index contributed by atoms with van der Waals surface area (Å²) < 4.78 is 0. The molecule has 2 unspecified atom stereocenters. The van der Waals surface area contributed by atoms with Crippen LogP contribution in [0.5, 0.6) is 0 Å². The van der Waals surface area contributed by atoms with E-state index in [1.807, 2.05) is 0 Å². The third-order valence-corrected chi connectivity index (χ3v) is 3.27. The fourth-order valence-corrected chi connectivity index (χ4v) is 2.03. The van der Waals surface area contributed by atoms with Crippen LogP contribution in [-0.4, -0.2) is 5.25 Å². The number of rotatable bonds is 8. The fraction of sp³-hybridized carbons (Fsp3) is 1.00. The monoisotopic (exact) mass is 202 g/mol. The van der Waals surface area contributed by atoms with Crippen LogP contribution in [0.2, 0.25) is 0 Å². The van der Waals surface area contributed by atoms with Crippen LogP contribution in [0.3, 0.4) is 0 Å². The minimum absolute atomic E-state index is 0.626. The molecular formula is C12H26S. The number of thiol groups is 1. The molecular weight excluding hydrogens is 176 g/mol. The van der Waals surface area contributed by atoms with Gasteiger partial charge in [-0.25, -0.2) is 0 Å². The summed E-state index contributed by atoms with van der Waals surface area (Å²) in [5, 5.41) is 0.626. The van der Waals surface area contributed by atoms with Gasteiger partial charge < -0.3 is 0 Å². The van der Waals surface area contributed by atoms with Gasteiger partial charge in [-0.2, -0.15) is 12.6 Å². The second-order valence-electron chi connectivity index (χ2n) is 4.25. The van der Waals surface area contributed by atoms with Crippen LogP contribution >= 0.6 is 12.6 Å². The van der Waals surface area contributed by atoms with Crippen LogP contribution in [0, 0.1) is 5.92 Å². The molecule has 1 heteroatoms. The van der Waals surface area contributed by atoms with Gasteiger partial charge >= 0.3 is 0 Å². The van der Waals surface area contributed by atoms with Gasteiger partial charge in [0.15, 0.2) is 0 Å². The molecule has 80 valence electrons. The quantitative estimate of drug-likeness (QED) is 0.428. The highest BCUT2D eigenvalue weighted by atomic mass is 32.1. The first-order valence-corrected chi connectivity index (χ1v) is 6.40. The van der Waals surface area contributed by atoms with Gasteiger partial charge in [0.1, 0.15) is 0 Å². The molecule has 0 nitrogen and oxygen atoms in total. The molecule has 0 amide bonds. The van der Waals surface area contributed by atoms with Crippen LogP contribution in [0.4, 0.5) is 0 Å². The summed E-state index contributed by atoms with van der Waals surface area (Å²) in [4.78, 5) is 0. The highest BCUT2D eigenvalue weighted by Gasteiger charge is 2.06. The normalized spacial score (nSPS) is 15.7. The zero-order chi connectivity index (χ0) is 10.1. The summed E-state index contributed by atoms with van der Waals surface area (Å²) in [7, 11) is 0. The van der Waals surface area contributed by atoms with E-state index in [2.05, 4.69) is 33.4 Å². The zero-order valence-electron chi connectivity index (χ0n) is 9.55. The fourth-order valence-electron chi connectivity index (χ4n) is 1.67. The average molecular weight is 202 g/mol. The lowest BCUT2D eigenvalue weighted by Crippen LogP contribution is -2.04. The van der Waals surface area contributed by atoms with Gasteiger partial charge in [0.2, 0.25) is 0 Å². The molecule has 0 aromatic carbocycles. The zero-order valence-corrected chi connectivity index (χ0v) is 10.4. The molecule has 0 aliphatic heterocycles. The first-order chi connectivity index (χ1) is 6.20. The van der Waals surface area contributed by atoms with E-state index in [4.69, 9.17) is 0 Å². The van der Waals surface area contributed by atoms with Crippen molar-refractivity contribution in [2.24, 2.45) is 5.92 Å². The predicted molar refractivity (Wildman–Crippen MR) is 65.6 cm³/mol. The van der Waals surface area contributed by atoms with Gasteiger partial charge in [-0.3, -0.25) is 0 Å². The topological polar surface area (TPSA) is 0 Å². The van der Waals surface area contributed by atoms with E-state index in [1.54, 1.807) is 0 Å². The third-order valence-electron chi connectivity index (χ3n) is 2.70. The Bertz CT molecular complexity index is 101. The van der Waals surface area contributed by atoms with Gasteiger partial charge in [0.05, 0.1) is 0 Å². The lowest BCUT2D eigenvalue weighted by Gasteiger charge is -2.14. The van der Waals surface area contributed by atoms with E-state index in [1.165, 1.54) is 44.9 Å². The van der Waals surface area contributed by atoms with E-state index in [9.17, 15) is 0 Å². The Kier molecular flexibility index (Phi) is 9.17. The Balaban J connectivity index is 3.24. The SMILES string of the molecule is CCCCCCC(C)CC(S)CC. The highest BCUT2D eigenvalue weighted by molar-refractivity contribution is 7.80. The average Bonchev–Trinajstić information content (AvgIpc) is 2.12. The Hall–Kier alpha value is 0.350. The smallest absolute Gasteiger partial charge is 0.00167 e. The number of unbranched alkanes of at least 4 members (excludes halogenated alkanes) is 3. The summed E-state index contributed by atoms with van der Waals surface area (Å²) in [6.07, 6.45) is 9.50. The standard InChI is InChI=1S/C12H26S/c1-4-6-7-8-9-11(3)10-12(13)5-2/h11-13H,4-10H2,1-3H3. The van der Waals surface area contributed by atoms with Gasteiger partial charge in [-0.15, -0.1) is 0 Å². The third kappa shape index (κ3) is 8.67. The van der Waals surface area contributed by atoms with Crippen molar-refractivity contribution in [2.75, 3.05) is 0 Å². The molecule has 13 heavy (non-hydrogen) atoms. The maximum Gasteiger partial charge on any atom is 0.00167 e. The van der Waals surface area contributed by atoms with E-state index < -0.39 is 0 Å². The van der Waals surface area contributed by atoms with Gasteiger partial charge in [0.25, 0.3) is 0 Å². The summed E-state index contributed by atoms with van der Waals surface area (Å²) in [5.41, 5.74) is 0. The van der Waals surface area contributed by atoms with Crippen molar-refractivity contribution in [1.29, 1.82) is 0 Å². The molecule has 0 saturated heterocycles. The number of hydrogen-bond donors (Lipinski definition) is 1. The molecule has 0 saturated carbocycles. The molecule has 2 atom stereocenters. The minimum atomic E-state index is 0.626. The maximum absolute atomic E-state index is 4.53. The predicted octanol–water partition coefficient (Wildman–Crippen LogP) is 4.69. The summed E-state index contributed by atoms with van der Waals surface area (Å²) in [6.45, 7) is 6.86. The minimum Gasteiger partial charge on any atom is -0.176 e. The van der Waals surface area contributed by atoms with Gasteiger partial charge in [0, 0.05) is 5.25 Å². The van der Waals surface area contributed by atoms with E-state index in [0.717, 1.165) is 5.92 Å². The molecule has 0 spiro atoms. The van der Waals surface area contributed by atoms with Crippen molar-refractivity contribution in [3.63, 3.8) is 0 Å². The molecule has 0 aliphatic carbocycles. The molecule has 0 aromatic rings. The Labute approximate surface area is 89.9 Å². The molecule has 0 fully saturated rings. The van der Waals surface area contributed by atoms with Crippen molar-refractivity contribution in [2.45, 2.75) is 71.0 Å². The second kappa shape index (κ2) is 8.93. The van der Waals surface area contributed by atoms with Crippen LogP contribution in [-0.2, 0) is 0 Å². The maximum atomic E-state index is 4.53. The van der Waals surface area contributed by atoms with E-state index >= 15 is 0 Å². The molecule has 0 N–H and O–H groups in total. The highest BCUT2D eigenvalue weighted by Crippen LogP contribution is 2.19. The van der Waals surface area contributed by atoms with Crippen molar-refractivity contribution in [1.82, 2.24) is 0 Å². The van der Waals surface area contributed by atoms with Crippen LogP contribution in [0.15, 0.2) is 0 Å². The van der Waals surface area contributed by atoms with Crippen molar-refractivity contribution < 1.29 is 0 Å². The Morgan fingerprint density at radius 2 is 1.77 bits per heavy atom. The Morgan fingerprint density at radius 1 is 1.08 bits per heavy atom. The first kappa shape index (κ1) is 13.4. The van der Waals surface area contributed by atoms with Crippen molar-refractivity contribution in [3.05, 3.63) is 0 Å². The van der Waals surface area contributed by atoms with Crippen LogP contribution in [0.25, 0.3) is 0 Å². The molecule has 0 bridgehead atoms. The summed E-state index contributed by atoms with van der Waals surface area (Å²) in [6, 6.07) is 0. The van der Waals surface area contributed by atoms with Crippen molar-refractivity contribution in [3.8, 4) is 0 Å². The summed E-state index contributed by atoms with van der Waals surface area (Å²) in [5.74, 6) is 0.874. The summed E-state index contributed by atoms with van der Waals surface area (Å²) >= 11 is 4.53. The lowest BCUT2D eigenvalue weighted by molar-refractivity contribution is 0.451. The van der Waals surface area contributed by atoms with Gasteiger partial charge in [-0.05, 0) is 18.8 Å². The lowest BCUT2D eigenvalue weighted by atomic mass is 9.97. The van der Waals surface area contributed by atoms with E-state index in [-0.39, 0.29) is 0 Å². The number of hydrogen-bond acceptors (Lipinski definition) is 1. The van der Waals surface area contributed by atoms with Crippen LogP contribution < -0.4 is 0 Å². The van der Waals surface area contributed by atoms with Gasteiger partial charge in [-0.1, -0.05) is 52.9 Å². The molecule has 0 aromatic heterocycles. The largest absolute Gasteiger partial charge is 0.176 e. The molecule has 0 rings (SSSR count). The van der Waals surface area contributed by atoms with E-state index in [0.29, 0.717) is 5.25 Å². The molecule has 0 heterocycles. The molecule has 0 radical (unpaired) electrons. The second-order valence-corrected chi connectivity index (χ2v) is 4.98. The van der Waals surface area contributed by atoms with Crippen LogP contribution in [0.1, 0.15) is 65.7 Å². The van der Waals surface area contributed by atoms with Crippen molar-refractivity contribution >= 4 is 12.6 Å². The Morgan fingerprint density at radius 3 is 2.31 bits per heavy atom.